The van der Waals surface area contributed by atoms with E-state index in [2.05, 4.69) is 9.97 Å². The number of halogens is 2. The van der Waals surface area contributed by atoms with E-state index in [-0.39, 0.29) is 5.28 Å². The molecule has 1 aliphatic rings. The predicted octanol–water partition coefficient (Wildman–Crippen LogP) is 3.82. The van der Waals surface area contributed by atoms with E-state index in [0.717, 1.165) is 5.03 Å². The Balaban J connectivity index is 2.10. The van der Waals surface area contributed by atoms with Gasteiger partial charge in [0.1, 0.15) is 5.03 Å². The number of hydrogen-bond acceptors (Lipinski definition) is 3. The van der Waals surface area contributed by atoms with Crippen LogP contribution in [0, 0.1) is 0 Å². The number of nitrogens with zero attached hydrogens (tertiary/aromatic N) is 2. The SMILES string of the molecule is Clc1ncc(Cl)c(SC2CCCC2)n1. The third kappa shape index (κ3) is 2.53. The van der Waals surface area contributed by atoms with Crippen LogP contribution in [-0.4, -0.2) is 15.2 Å². The number of aromatic nitrogens is 2. The van der Waals surface area contributed by atoms with Crippen molar-refractivity contribution in [3.8, 4) is 0 Å². The van der Waals surface area contributed by atoms with Crippen molar-refractivity contribution in [1.29, 1.82) is 0 Å². The third-order valence-corrected chi connectivity index (χ3v) is 4.17. The van der Waals surface area contributed by atoms with Crippen molar-refractivity contribution in [3.05, 3.63) is 16.5 Å². The van der Waals surface area contributed by atoms with Gasteiger partial charge in [0.2, 0.25) is 5.28 Å². The lowest BCUT2D eigenvalue weighted by molar-refractivity contribution is 0.886. The molecule has 1 fully saturated rings. The van der Waals surface area contributed by atoms with E-state index in [1.165, 1.54) is 25.7 Å². The Bertz CT molecular complexity index is 327. The van der Waals surface area contributed by atoms with Gasteiger partial charge in [-0.25, -0.2) is 9.97 Å². The average molecular weight is 249 g/mol. The molecule has 0 saturated heterocycles. The molecular formula is C9H10Cl2N2S. The fraction of sp³-hybridized carbons (Fsp3) is 0.556. The predicted molar refractivity (Wildman–Crippen MR) is 60.2 cm³/mol. The molecule has 0 bridgehead atoms. The minimum atomic E-state index is 0.273. The van der Waals surface area contributed by atoms with Gasteiger partial charge in [-0.05, 0) is 24.4 Å². The van der Waals surface area contributed by atoms with Crippen molar-refractivity contribution in [2.75, 3.05) is 0 Å². The van der Waals surface area contributed by atoms with E-state index in [1.54, 1.807) is 18.0 Å². The van der Waals surface area contributed by atoms with Gasteiger partial charge < -0.3 is 0 Å². The third-order valence-electron chi connectivity index (χ3n) is 2.26. The second-order valence-corrected chi connectivity index (χ2v) is 5.35. The van der Waals surface area contributed by atoms with Crippen LogP contribution in [0.4, 0.5) is 0 Å². The molecule has 0 N–H and O–H groups in total. The zero-order chi connectivity index (χ0) is 9.97. The van der Waals surface area contributed by atoms with Crippen LogP contribution in [0.25, 0.3) is 0 Å². The van der Waals surface area contributed by atoms with Crippen LogP contribution in [0.2, 0.25) is 10.3 Å². The molecule has 1 saturated carbocycles. The molecule has 0 amide bonds. The maximum Gasteiger partial charge on any atom is 0.223 e. The molecule has 1 heterocycles. The number of hydrogen-bond donors (Lipinski definition) is 0. The summed E-state index contributed by atoms with van der Waals surface area (Å²) in [5, 5.41) is 2.35. The first-order valence-electron chi connectivity index (χ1n) is 4.60. The molecule has 2 rings (SSSR count). The molecule has 0 unspecified atom stereocenters. The maximum absolute atomic E-state index is 5.97. The Labute approximate surface area is 97.4 Å². The molecule has 5 heteroatoms. The summed E-state index contributed by atoms with van der Waals surface area (Å²) in [6.07, 6.45) is 6.70. The quantitative estimate of drug-likeness (QED) is 0.588. The van der Waals surface area contributed by atoms with Crippen molar-refractivity contribution in [2.24, 2.45) is 0 Å². The first-order valence-corrected chi connectivity index (χ1v) is 6.24. The Morgan fingerprint density at radius 3 is 2.71 bits per heavy atom. The van der Waals surface area contributed by atoms with Crippen molar-refractivity contribution >= 4 is 35.0 Å². The van der Waals surface area contributed by atoms with E-state index in [0.29, 0.717) is 10.3 Å². The second-order valence-electron chi connectivity index (χ2n) is 3.32. The topological polar surface area (TPSA) is 25.8 Å². The Morgan fingerprint density at radius 2 is 2.00 bits per heavy atom. The average Bonchev–Trinajstić information content (AvgIpc) is 2.64. The van der Waals surface area contributed by atoms with Gasteiger partial charge in [0.15, 0.2) is 0 Å². The highest BCUT2D eigenvalue weighted by Gasteiger charge is 2.18. The van der Waals surface area contributed by atoms with E-state index in [1.807, 2.05) is 0 Å². The van der Waals surface area contributed by atoms with Gasteiger partial charge >= 0.3 is 0 Å². The van der Waals surface area contributed by atoms with Crippen molar-refractivity contribution in [2.45, 2.75) is 36.0 Å². The molecule has 1 aromatic heterocycles. The summed E-state index contributed by atoms with van der Waals surface area (Å²) in [4.78, 5) is 7.94. The minimum absolute atomic E-state index is 0.273. The van der Waals surface area contributed by atoms with Gasteiger partial charge in [-0.3, -0.25) is 0 Å². The van der Waals surface area contributed by atoms with Crippen molar-refractivity contribution in [3.63, 3.8) is 0 Å². The first-order chi connectivity index (χ1) is 6.75. The van der Waals surface area contributed by atoms with Gasteiger partial charge in [-0.2, -0.15) is 0 Å². The fourth-order valence-corrected chi connectivity index (χ4v) is 3.18. The number of rotatable bonds is 2. The first kappa shape index (κ1) is 10.5. The molecule has 1 aliphatic carbocycles. The summed E-state index contributed by atoms with van der Waals surface area (Å²) >= 11 is 13.4. The molecular weight excluding hydrogens is 239 g/mol. The Hall–Kier alpha value is 0.01000. The molecule has 2 nitrogen and oxygen atoms in total. The molecule has 0 radical (unpaired) electrons. The largest absolute Gasteiger partial charge is 0.225 e. The molecule has 0 spiro atoms. The Morgan fingerprint density at radius 1 is 1.29 bits per heavy atom. The van der Waals surface area contributed by atoms with Crippen LogP contribution in [0.15, 0.2) is 11.2 Å². The zero-order valence-corrected chi connectivity index (χ0v) is 9.87. The van der Waals surface area contributed by atoms with E-state index in [9.17, 15) is 0 Å². The highest BCUT2D eigenvalue weighted by molar-refractivity contribution is 8.00. The van der Waals surface area contributed by atoms with E-state index in [4.69, 9.17) is 23.2 Å². The van der Waals surface area contributed by atoms with Gasteiger partial charge in [0, 0.05) is 5.25 Å². The Kier molecular flexibility index (Phi) is 3.52. The molecule has 0 aliphatic heterocycles. The van der Waals surface area contributed by atoms with Gasteiger partial charge in [0.05, 0.1) is 11.2 Å². The van der Waals surface area contributed by atoms with Crippen molar-refractivity contribution in [1.82, 2.24) is 9.97 Å². The number of thioether (sulfide) groups is 1. The van der Waals surface area contributed by atoms with Gasteiger partial charge in [-0.15, -0.1) is 11.8 Å². The van der Waals surface area contributed by atoms with Gasteiger partial charge in [0.25, 0.3) is 0 Å². The maximum atomic E-state index is 5.97. The summed E-state index contributed by atoms with van der Waals surface area (Å²) in [6.45, 7) is 0. The lowest BCUT2D eigenvalue weighted by Crippen LogP contribution is -1.96. The zero-order valence-electron chi connectivity index (χ0n) is 7.54. The smallest absolute Gasteiger partial charge is 0.223 e. The van der Waals surface area contributed by atoms with E-state index < -0.39 is 0 Å². The van der Waals surface area contributed by atoms with Crippen molar-refractivity contribution < 1.29 is 0 Å². The molecule has 14 heavy (non-hydrogen) atoms. The van der Waals surface area contributed by atoms with Crippen LogP contribution < -0.4 is 0 Å². The fourth-order valence-electron chi connectivity index (χ4n) is 1.58. The van der Waals surface area contributed by atoms with Crippen LogP contribution in [0.1, 0.15) is 25.7 Å². The lowest BCUT2D eigenvalue weighted by atomic mass is 10.4. The molecule has 1 aromatic rings. The monoisotopic (exact) mass is 248 g/mol. The minimum Gasteiger partial charge on any atom is -0.225 e. The molecule has 0 atom stereocenters. The summed E-state index contributed by atoms with van der Waals surface area (Å²) in [5.41, 5.74) is 0. The highest BCUT2D eigenvalue weighted by atomic mass is 35.5. The molecule has 0 aromatic carbocycles. The van der Waals surface area contributed by atoms with Crippen LogP contribution in [0.5, 0.6) is 0 Å². The second kappa shape index (κ2) is 4.69. The highest BCUT2D eigenvalue weighted by Crippen LogP contribution is 2.36. The van der Waals surface area contributed by atoms with Crippen LogP contribution in [-0.2, 0) is 0 Å². The standard InChI is InChI=1S/C9H10Cl2N2S/c10-7-5-12-9(11)13-8(7)14-6-3-1-2-4-6/h5-6H,1-4H2. The van der Waals surface area contributed by atoms with Crippen LogP contribution in [0.3, 0.4) is 0 Å². The molecule has 76 valence electrons. The summed E-state index contributed by atoms with van der Waals surface area (Å²) in [7, 11) is 0. The van der Waals surface area contributed by atoms with Crippen LogP contribution >= 0.6 is 35.0 Å². The summed E-state index contributed by atoms with van der Waals surface area (Å²) < 4.78 is 0. The van der Waals surface area contributed by atoms with Gasteiger partial charge in [-0.1, -0.05) is 24.4 Å². The normalized spacial score (nSPS) is 17.6. The summed E-state index contributed by atoms with van der Waals surface area (Å²) in [5.74, 6) is 0. The van der Waals surface area contributed by atoms with E-state index >= 15 is 0 Å². The summed E-state index contributed by atoms with van der Waals surface area (Å²) in [6, 6.07) is 0. The lowest BCUT2D eigenvalue weighted by Gasteiger charge is -2.08.